The Bertz CT molecular complexity index is 427. The number of methoxy groups -OCH3 is 1. The second-order valence-corrected chi connectivity index (χ2v) is 5.82. The number of aliphatic hydroxyl groups excluding tert-OH is 1. The SMILES string of the molecule is COc1ccc2c(c1)[C@@H](O)CC1(CCSC1)O2. The Kier molecular flexibility index (Phi) is 2.71. The Balaban J connectivity index is 1.96. The number of benzene rings is 1. The molecular weight excluding hydrogens is 236 g/mol. The monoisotopic (exact) mass is 252 g/mol. The number of rotatable bonds is 1. The molecule has 3 rings (SSSR count). The van der Waals surface area contributed by atoms with Crippen molar-refractivity contribution in [1.29, 1.82) is 0 Å². The van der Waals surface area contributed by atoms with E-state index >= 15 is 0 Å². The first kappa shape index (κ1) is 11.2. The average Bonchev–Trinajstić information content (AvgIpc) is 2.77. The Labute approximate surface area is 105 Å². The van der Waals surface area contributed by atoms with Crippen LogP contribution in [0.3, 0.4) is 0 Å². The van der Waals surface area contributed by atoms with Crippen LogP contribution in [0, 0.1) is 0 Å². The van der Waals surface area contributed by atoms with Crippen LogP contribution in [0.25, 0.3) is 0 Å². The molecule has 0 aromatic heterocycles. The van der Waals surface area contributed by atoms with E-state index < -0.39 is 6.10 Å². The normalized spacial score (nSPS) is 31.1. The summed E-state index contributed by atoms with van der Waals surface area (Å²) in [6, 6.07) is 5.66. The quantitative estimate of drug-likeness (QED) is 0.833. The molecule has 3 nitrogen and oxygen atoms in total. The summed E-state index contributed by atoms with van der Waals surface area (Å²) >= 11 is 1.90. The van der Waals surface area contributed by atoms with E-state index in [1.807, 2.05) is 30.0 Å². The van der Waals surface area contributed by atoms with E-state index in [0.29, 0.717) is 6.42 Å². The molecule has 2 aliphatic rings. The number of hydrogen-bond acceptors (Lipinski definition) is 4. The van der Waals surface area contributed by atoms with Crippen molar-refractivity contribution in [1.82, 2.24) is 0 Å². The third-order valence-electron chi connectivity index (χ3n) is 3.53. The Hall–Kier alpha value is -0.870. The van der Waals surface area contributed by atoms with Gasteiger partial charge in [-0.3, -0.25) is 0 Å². The fourth-order valence-corrected chi connectivity index (χ4v) is 3.93. The van der Waals surface area contributed by atoms with Gasteiger partial charge in [0.25, 0.3) is 0 Å². The molecule has 1 aromatic carbocycles. The highest BCUT2D eigenvalue weighted by molar-refractivity contribution is 7.99. The van der Waals surface area contributed by atoms with Crippen LogP contribution in [-0.2, 0) is 0 Å². The molecule has 1 unspecified atom stereocenters. The minimum atomic E-state index is -0.437. The zero-order valence-corrected chi connectivity index (χ0v) is 10.6. The molecule has 0 bridgehead atoms. The van der Waals surface area contributed by atoms with Crippen LogP contribution in [0.15, 0.2) is 18.2 Å². The van der Waals surface area contributed by atoms with Gasteiger partial charge in [0.05, 0.1) is 13.2 Å². The van der Waals surface area contributed by atoms with E-state index in [2.05, 4.69) is 0 Å². The molecule has 92 valence electrons. The van der Waals surface area contributed by atoms with Gasteiger partial charge in [0.2, 0.25) is 0 Å². The van der Waals surface area contributed by atoms with Gasteiger partial charge < -0.3 is 14.6 Å². The van der Waals surface area contributed by atoms with Crippen molar-refractivity contribution in [2.24, 2.45) is 0 Å². The molecule has 1 aromatic rings. The predicted molar refractivity (Wildman–Crippen MR) is 67.9 cm³/mol. The molecule has 1 N–H and O–H groups in total. The standard InChI is InChI=1S/C13H16O3S/c1-15-9-2-3-12-10(6-9)11(14)7-13(16-12)4-5-17-8-13/h2-3,6,11,14H,4-5,7-8H2,1H3/t11-,13?/m0/s1. The Morgan fingerprint density at radius 3 is 3.12 bits per heavy atom. The summed E-state index contributed by atoms with van der Waals surface area (Å²) in [5.41, 5.74) is 0.706. The summed E-state index contributed by atoms with van der Waals surface area (Å²) in [4.78, 5) is 0. The van der Waals surface area contributed by atoms with Crippen LogP contribution >= 0.6 is 11.8 Å². The molecule has 0 aliphatic carbocycles. The summed E-state index contributed by atoms with van der Waals surface area (Å²) in [6.45, 7) is 0. The molecule has 2 atom stereocenters. The predicted octanol–water partition coefficient (Wildman–Crippen LogP) is 2.39. The number of hydrogen-bond donors (Lipinski definition) is 1. The highest BCUT2D eigenvalue weighted by atomic mass is 32.2. The van der Waals surface area contributed by atoms with Gasteiger partial charge in [-0.2, -0.15) is 11.8 Å². The van der Waals surface area contributed by atoms with Crippen LogP contribution in [0.2, 0.25) is 0 Å². The molecule has 2 aliphatic heterocycles. The summed E-state index contributed by atoms with van der Waals surface area (Å²) in [7, 11) is 1.63. The molecule has 0 amide bonds. The summed E-state index contributed by atoms with van der Waals surface area (Å²) in [5.74, 6) is 3.68. The van der Waals surface area contributed by atoms with Crippen molar-refractivity contribution in [3.63, 3.8) is 0 Å². The minimum absolute atomic E-state index is 0.147. The molecule has 2 heterocycles. The van der Waals surface area contributed by atoms with Crippen molar-refractivity contribution < 1.29 is 14.6 Å². The third-order valence-corrected chi connectivity index (χ3v) is 4.76. The first-order valence-corrected chi connectivity index (χ1v) is 7.01. The Morgan fingerprint density at radius 1 is 1.53 bits per heavy atom. The second kappa shape index (κ2) is 4.10. The third kappa shape index (κ3) is 1.89. The highest BCUT2D eigenvalue weighted by Crippen LogP contribution is 2.46. The van der Waals surface area contributed by atoms with Crippen LogP contribution in [0.5, 0.6) is 11.5 Å². The second-order valence-electron chi connectivity index (χ2n) is 4.71. The van der Waals surface area contributed by atoms with E-state index in [1.54, 1.807) is 7.11 Å². The van der Waals surface area contributed by atoms with E-state index in [-0.39, 0.29) is 5.60 Å². The maximum Gasteiger partial charge on any atom is 0.126 e. The average molecular weight is 252 g/mol. The maximum absolute atomic E-state index is 10.3. The summed E-state index contributed by atoms with van der Waals surface area (Å²) in [6.07, 6.45) is 1.29. The van der Waals surface area contributed by atoms with Gasteiger partial charge in [0, 0.05) is 17.7 Å². The zero-order chi connectivity index (χ0) is 11.9. The van der Waals surface area contributed by atoms with Crippen molar-refractivity contribution >= 4 is 11.8 Å². The fourth-order valence-electron chi connectivity index (χ4n) is 2.57. The molecule has 1 saturated heterocycles. The fraction of sp³-hybridized carbons (Fsp3) is 0.538. The maximum atomic E-state index is 10.3. The van der Waals surface area contributed by atoms with Crippen LogP contribution in [0.4, 0.5) is 0 Å². The van der Waals surface area contributed by atoms with Crippen molar-refractivity contribution in [3.05, 3.63) is 23.8 Å². The van der Waals surface area contributed by atoms with Crippen molar-refractivity contribution in [3.8, 4) is 11.5 Å². The summed E-state index contributed by atoms with van der Waals surface area (Å²) < 4.78 is 11.3. The highest BCUT2D eigenvalue weighted by Gasteiger charge is 2.43. The van der Waals surface area contributed by atoms with Gasteiger partial charge in [-0.25, -0.2) is 0 Å². The van der Waals surface area contributed by atoms with Gasteiger partial charge in [0.15, 0.2) is 0 Å². The lowest BCUT2D eigenvalue weighted by atomic mass is 9.88. The molecule has 17 heavy (non-hydrogen) atoms. The van der Waals surface area contributed by atoms with Gasteiger partial charge in [0.1, 0.15) is 17.1 Å². The minimum Gasteiger partial charge on any atom is -0.497 e. The molecule has 1 spiro atoms. The number of thioether (sulfide) groups is 1. The lowest BCUT2D eigenvalue weighted by Crippen LogP contribution is -2.41. The number of ether oxygens (including phenoxy) is 2. The Morgan fingerprint density at radius 2 is 2.41 bits per heavy atom. The van der Waals surface area contributed by atoms with Crippen molar-refractivity contribution in [2.45, 2.75) is 24.5 Å². The summed E-state index contributed by atoms with van der Waals surface area (Å²) in [5, 5.41) is 10.3. The van der Waals surface area contributed by atoms with Crippen LogP contribution in [-0.4, -0.2) is 29.3 Å². The van der Waals surface area contributed by atoms with E-state index in [4.69, 9.17) is 9.47 Å². The van der Waals surface area contributed by atoms with Gasteiger partial charge in [-0.05, 0) is 30.4 Å². The van der Waals surface area contributed by atoms with E-state index in [1.165, 1.54) is 0 Å². The molecule has 0 saturated carbocycles. The first-order valence-electron chi connectivity index (χ1n) is 5.85. The molecular formula is C13H16O3S. The lowest BCUT2D eigenvalue weighted by Gasteiger charge is -2.37. The topological polar surface area (TPSA) is 38.7 Å². The largest absolute Gasteiger partial charge is 0.497 e. The number of aliphatic hydroxyl groups is 1. The molecule has 1 fully saturated rings. The first-order chi connectivity index (χ1) is 8.22. The molecule has 0 radical (unpaired) electrons. The van der Waals surface area contributed by atoms with Gasteiger partial charge in [-0.15, -0.1) is 0 Å². The number of fused-ring (bicyclic) bond motifs is 1. The van der Waals surface area contributed by atoms with Gasteiger partial charge in [-0.1, -0.05) is 0 Å². The molecule has 4 heteroatoms. The van der Waals surface area contributed by atoms with E-state index in [0.717, 1.165) is 35.0 Å². The van der Waals surface area contributed by atoms with Crippen molar-refractivity contribution in [2.75, 3.05) is 18.6 Å². The lowest BCUT2D eigenvalue weighted by molar-refractivity contribution is 0.00390. The van der Waals surface area contributed by atoms with E-state index in [9.17, 15) is 5.11 Å². The zero-order valence-electron chi connectivity index (χ0n) is 9.81. The van der Waals surface area contributed by atoms with Crippen LogP contribution in [0.1, 0.15) is 24.5 Å². The van der Waals surface area contributed by atoms with Gasteiger partial charge >= 0.3 is 0 Å². The smallest absolute Gasteiger partial charge is 0.126 e. The van der Waals surface area contributed by atoms with Crippen LogP contribution < -0.4 is 9.47 Å².